The first kappa shape index (κ1) is 17.7. The van der Waals surface area contributed by atoms with E-state index in [1.165, 1.54) is 29.9 Å². The largest absolute Gasteiger partial charge is 0.381 e. The van der Waals surface area contributed by atoms with E-state index < -0.39 is 11.6 Å². The third-order valence-corrected chi connectivity index (χ3v) is 6.14. The van der Waals surface area contributed by atoms with Crippen molar-refractivity contribution in [3.8, 4) is 0 Å². The smallest absolute Gasteiger partial charge is 0.185 e. The van der Waals surface area contributed by atoms with E-state index in [1.54, 1.807) is 17.4 Å². The number of hydrogen-bond acceptors (Lipinski definition) is 5. The van der Waals surface area contributed by atoms with E-state index in [4.69, 9.17) is 0 Å². The Kier molecular flexibility index (Phi) is 5.36. The summed E-state index contributed by atoms with van der Waals surface area (Å²) in [4.78, 5) is 10.7. The predicted molar refractivity (Wildman–Crippen MR) is 102 cm³/mol. The van der Waals surface area contributed by atoms with E-state index >= 15 is 0 Å². The Labute approximate surface area is 156 Å². The lowest BCUT2D eigenvalue weighted by Gasteiger charge is -2.33. The summed E-state index contributed by atoms with van der Waals surface area (Å²) in [6.45, 7) is 5.11. The van der Waals surface area contributed by atoms with Gasteiger partial charge in [0.1, 0.15) is 0 Å². The van der Waals surface area contributed by atoms with Gasteiger partial charge in [0, 0.05) is 55.0 Å². The molecular formula is C19H24F2N4S. The van der Waals surface area contributed by atoms with Crippen LogP contribution in [0, 0.1) is 11.6 Å². The van der Waals surface area contributed by atoms with Crippen molar-refractivity contribution in [1.29, 1.82) is 0 Å². The maximum Gasteiger partial charge on any atom is 0.185 e. The highest BCUT2D eigenvalue weighted by Crippen LogP contribution is 2.27. The van der Waals surface area contributed by atoms with Crippen molar-refractivity contribution >= 4 is 22.2 Å². The first-order valence-corrected chi connectivity index (χ1v) is 10.1. The van der Waals surface area contributed by atoms with Crippen molar-refractivity contribution in [3.63, 3.8) is 0 Å². The van der Waals surface area contributed by atoms with Crippen LogP contribution in [0.5, 0.6) is 0 Å². The van der Waals surface area contributed by atoms with E-state index in [9.17, 15) is 8.78 Å². The van der Waals surface area contributed by atoms with Gasteiger partial charge in [-0.3, -0.25) is 4.90 Å². The molecule has 2 saturated heterocycles. The van der Waals surface area contributed by atoms with Crippen LogP contribution in [0.1, 0.15) is 30.6 Å². The zero-order valence-corrected chi connectivity index (χ0v) is 15.6. The summed E-state index contributed by atoms with van der Waals surface area (Å²) in [7, 11) is 0. The second-order valence-electron chi connectivity index (χ2n) is 7.15. The lowest BCUT2D eigenvalue weighted by molar-refractivity contribution is 0.210. The molecule has 2 aliphatic heterocycles. The van der Waals surface area contributed by atoms with E-state index in [-0.39, 0.29) is 6.04 Å². The Balaban J connectivity index is 1.34. The van der Waals surface area contributed by atoms with Crippen molar-refractivity contribution in [2.45, 2.75) is 38.3 Å². The molecule has 1 aromatic carbocycles. The number of hydrogen-bond donors (Lipinski definition) is 1. The van der Waals surface area contributed by atoms with Crippen LogP contribution in [0.3, 0.4) is 0 Å². The molecule has 0 spiro atoms. The third-order valence-electron chi connectivity index (χ3n) is 5.09. The number of halogens is 2. The number of aromatic nitrogens is 1. The molecule has 140 valence electrons. The minimum Gasteiger partial charge on any atom is -0.381 e. The standard InChI is InChI=1S/C19H24F2N4S/c20-17-6-5-14(10-18(17)21)23-15-4-3-7-24(12-15)13-16-11-22-19(26-16)25-8-1-2-9-25/h5-6,10-11,15,23H,1-4,7-9,12-13H2. The fraction of sp³-hybridized carbons (Fsp3) is 0.526. The van der Waals surface area contributed by atoms with E-state index in [0.29, 0.717) is 5.69 Å². The molecule has 1 N–H and O–H groups in total. The third kappa shape index (κ3) is 4.15. The SMILES string of the molecule is Fc1ccc(NC2CCCN(Cc3cnc(N4CCCC4)s3)C2)cc1F. The number of nitrogens with one attached hydrogen (secondary N) is 1. The lowest BCUT2D eigenvalue weighted by Crippen LogP contribution is -2.41. The van der Waals surface area contributed by atoms with Gasteiger partial charge in [-0.2, -0.15) is 0 Å². The molecule has 26 heavy (non-hydrogen) atoms. The van der Waals surface area contributed by atoms with Crippen LogP contribution in [0.15, 0.2) is 24.4 Å². The molecule has 0 bridgehead atoms. The minimum atomic E-state index is -0.806. The van der Waals surface area contributed by atoms with Gasteiger partial charge in [0.05, 0.1) is 0 Å². The molecule has 1 aromatic heterocycles. The number of nitrogens with zero attached hydrogens (tertiary/aromatic N) is 3. The summed E-state index contributed by atoms with van der Waals surface area (Å²) in [5, 5.41) is 4.49. The molecule has 4 rings (SSSR count). The zero-order valence-electron chi connectivity index (χ0n) is 14.8. The van der Waals surface area contributed by atoms with Gasteiger partial charge >= 0.3 is 0 Å². The van der Waals surface area contributed by atoms with Gasteiger partial charge in [0.2, 0.25) is 0 Å². The van der Waals surface area contributed by atoms with Crippen LogP contribution in [-0.4, -0.2) is 42.1 Å². The molecule has 2 aliphatic rings. The van der Waals surface area contributed by atoms with Gasteiger partial charge in [-0.15, -0.1) is 11.3 Å². The molecule has 1 unspecified atom stereocenters. The number of piperidine rings is 1. The van der Waals surface area contributed by atoms with Crippen molar-refractivity contribution < 1.29 is 8.78 Å². The quantitative estimate of drug-likeness (QED) is 0.849. The Bertz CT molecular complexity index is 745. The van der Waals surface area contributed by atoms with Crippen LogP contribution in [0.4, 0.5) is 19.6 Å². The topological polar surface area (TPSA) is 31.4 Å². The first-order chi connectivity index (χ1) is 12.7. The first-order valence-electron chi connectivity index (χ1n) is 9.31. The van der Waals surface area contributed by atoms with Crippen molar-refractivity contribution in [2.75, 3.05) is 36.4 Å². The number of likely N-dealkylation sites (tertiary alicyclic amines) is 1. The van der Waals surface area contributed by atoms with E-state index in [1.807, 2.05) is 6.20 Å². The summed E-state index contributed by atoms with van der Waals surface area (Å²) in [5.41, 5.74) is 0.643. The fourth-order valence-electron chi connectivity index (χ4n) is 3.78. The molecule has 7 heteroatoms. The molecule has 0 saturated carbocycles. The highest BCUT2D eigenvalue weighted by molar-refractivity contribution is 7.15. The average Bonchev–Trinajstić information content (AvgIpc) is 3.30. The second kappa shape index (κ2) is 7.88. The molecule has 0 amide bonds. The van der Waals surface area contributed by atoms with E-state index in [2.05, 4.69) is 20.1 Å². The fourth-order valence-corrected chi connectivity index (χ4v) is 4.79. The molecule has 2 fully saturated rings. The maximum absolute atomic E-state index is 13.4. The van der Waals surface area contributed by atoms with Gasteiger partial charge < -0.3 is 10.2 Å². The monoisotopic (exact) mass is 378 g/mol. The second-order valence-corrected chi connectivity index (χ2v) is 8.24. The van der Waals surface area contributed by atoms with E-state index in [0.717, 1.165) is 50.7 Å². The normalized spacial score (nSPS) is 21.3. The number of thiazole rings is 1. The van der Waals surface area contributed by atoms with Crippen LogP contribution < -0.4 is 10.2 Å². The maximum atomic E-state index is 13.4. The highest BCUT2D eigenvalue weighted by atomic mass is 32.1. The molecule has 0 aliphatic carbocycles. The molecule has 2 aromatic rings. The van der Waals surface area contributed by atoms with Crippen LogP contribution in [0.25, 0.3) is 0 Å². The van der Waals surface area contributed by atoms with Gasteiger partial charge in [-0.25, -0.2) is 13.8 Å². The number of rotatable bonds is 5. The Morgan fingerprint density at radius 1 is 1.12 bits per heavy atom. The minimum absolute atomic E-state index is 0.250. The zero-order chi connectivity index (χ0) is 17.9. The summed E-state index contributed by atoms with van der Waals surface area (Å²) in [6.07, 6.45) is 6.66. The highest BCUT2D eigenvalue weighted by Gasteiger charge is 2.22. The van der Waals surface area contributed by atoms with Gasteiger partial charge in [-0.05, 0) is 44.4 Å². The molecule has 1 atom stereocenters. The van der Waals surface area contributed by atoms with Gasteiger partial charge in [-0.1, -0.05) is 0 Å². The Morgan fingerprint density at radius 2 is 1.96 bits per heavy atom. The lowest BCUT2D eigenvalue weighted by atomic mass is 10.1. The molecule has 0 radical (unpaired) electrons. The number of benzene rings is 1. The Hall–Kier alpha value is -1.73. The molecule has 4 nitrogen and oxygen atoms in total. The summed E-state index contributed by atoms with van der Waals surface area (Å²) >= 11 is 1.79. The molecule has 3 heterocycles. The van der Waals surface area contributed by atoms with Crippen molar-refractivity contribution in [3.05, 3.63) is 40.9 Å². The predicted octanol–water partition coefficient (Wildman–Crippen LogP) is 4.10. The van der Waals surface area contributed by atoms with Gasteiger partial charge in [0.25, 0.3) is 0 Å². The Morgan fingerprint density at radius 3 is 2.77 bits per heavy atom. The van der Waals surface area contributed by atoms with Crippen LogP contribution >= 0.6 is 11.3 Å². The summed E-state index contributed by atoms with van der Waals surface area (Å²) in [6, 6.07) is 4.26. The summed E-state index contributed by atoms with van der Waals surface area (Å²) in [5.74, 6) is -1.61. The summed E-state index contributed by atoms with van der Waals surface area (Å²) < 4.78 is 26.5. The number of anilines is 2. The van der Waals surface area contributed by atoms with Gasteiger partial charge in [0.15, 0.2) is 16.8 Å². The van der Waals surface area contributed by atoms with Crippen LogP contribution in [0.2, 0.25) is 0 Å². The molecular weight excluding hydrogens is 354 g/mol. The average molecular weight is 378 g/mol. The van der Waals surface area contributed by atoms with Crippen LogP contribution in [-0.2, 0) is 6.54 Å². The van der Waals surface area contributed by atoms with Crippen molar-refractivity contribution in [2.24, 2.45) is 0 Å². The van der Waals surface area contributed by atoms with Crippen molar-refractivity contribution in [1.82, 2.24) is 9.88 Å².